The summed E-state index contributed by atoms with van der Waals surface area (Å²) < 4.78 is 4.85. The van der Waals surface area contributed by atoms with Gasteiger partial charge in [0.1, 0.15) is 6.04 Å². The molecular formula is C14H20ClN3O2S2. The van der Waals surface area contributed by atoms with Crippen LogP contribution in [-0.4, -0.2) is 37.2 Å². The van der Waals surface area contributed by atoms with Crippen LogP contribution in [0.15, 0.2) is 17.5 Å². The van der Waals surface area contributed by atoms with Crippen molar-refractivity contribution in [3.05, 3.63) is 27.4 Å². The van der Waals surface area contributed by atoms with E-state index >= 15 is 0 Å². The van der Waals surface area contributed by atoms with Gasteiger partial charge in [0.05, 0.1) is 22.2 Å². The molecule has 2 rings (SSSR count). The summed E-state index contributed by atoms with van der Waals surface area (Å²) in [7, 11) is 1.53. The van der Waals surface area contributed by atoms with Crippen molar-refractivity contribution < 1.29 is 9.53 Å². The minimum absolute atomic E-state index is 0. The fraction of sp³-hybridized carbons (Fsp3) is 0.429. The molecule has 5 nitrogen and oxygen atoms in total. The maximum Gasteiger partial charge on any atom is 0.239 e. The number of nitrogens with one attached hydrogen (secondary N) is 1. The van der Waals surface area contributed by atoms with Crippen molar-refractivity contribution >= 4 is 41.0 Å². The van der Waals surface area contributed by atoms with Crippen molar-refractivity contribution in [1.82, 2.24) is 10.3 Å². The van der Waals surface area contributed by atoms with Crippen LogP contribution in [0.2, 0.25) is 0 Å². The molecular weight excluding hydrogens is 342 g/mol. The van der Waals surface area contributed by atoms with Crippen LogP contribution in [0.25, 0.3) is 10.6 Å². The monoisotopic (exact) mass is 361 g/mol. The molecule has 2 aromatic heterocycles. The van der Waals surface area contributed by atoms with Gasteiger partial charge in [0, 0.05) is 23.9 Å². The number of rotatable bonds is 7. The second-order valence-corrected chi connectivity index (χ2v) is 6.85. The number of hydrogen-bond acceptors (Lipinski definition) is 6. The SMILES string of the molecule is COCC(N)C(=O)NCCc1ccc(-c2csc(C)n2)s1.Cl. The predicted octanol–water partition coefficient (Wildman–Crippen LogP) is 2.23. The van der Waals surface area contributed by atoms with Crippen LogP contribution in [-0.2, 0) is 16.0 Å². The van der Waals surface area contributed by atoms with Crippen LogP contribution in [0.3, 0.4) is 0 Å². The van der Waals surface area contributed by atoms with Crippen molar-refractivity contribution in [3.8, 4) is 10.6 Å². The van der Waals surface area contributed by atoms with Crippen LogP contribution in [0.5, 0.6) is 0 Å². The Labute approximate surface area is 144 Å². The molecule has 8 heteroatoms. The number of amides is 1. The number of halogens is 1. The van der Waals surface area contributed by atoms with Gasteiger partial charge in [0.25, 0.3) is 0 Å². The Kier molecular flexibility index (Phi) is 7.98. The molecule has 0 bridgehead atoms. The highest BCUT2D eigenvalue weighted by molar-refractivity contribution is 7.16. The van der Waals surface area contributed by atoms with Crippen molar-refractivity contribution in [3.63, 3.8) is 0 Å². The Balaban J connectivity index is 0.00000242. The minimum Gasteiger partial charge on any atom is -0.383 e. The smallest absolute Gasteiger partial charge is 0.239 e. The first-order valence-corrected chi connectivity index (χ1v) is 8.33. The molecule has 0 aliphatic rings. The number of ether oxygens (including phenoxy) is 1. The minimum atomic E-state index is -0.605. The highest BCUT2D eigenvalue weighted by Gasteiger charge is 2.12. The third kappa shape index (κ3) is 5.33. The maximum absolute atomic E-state index is 11.6. The molecule has 0 aromatic carbocycles. The van der Waals surface area contributed by atoms with Crippen LogP contribution in [0, 0.1) is 6.92 Å². The first-order chi connectivity index (χ1) is 10.1. The molecule has 0 spiro atoms. The van der Waals surface area contributed by atoms with Gasteiger partial charge in [-0.3, -0.25) is 4.79 Å². The molecule has 0 fully saturated rings. The maximum atomic E-state index is 11.6. The molecule has 1 amide bonds. The Hall–Kier alpha value is -0.990. The quantitative estimate of drug-likeness (QED) is 0.792. The summed E-state index contributed by atoms with van der Waals surface area (Å²) in [5, 5.41) is 5.95. The van der Waals surface area contributed by atoms with E-state index in [0.717, 1.165) is 22.0 Å². The molecule has 3 N–H and O–H groups in total. The van der Waals surface area contributed by atoms with Gasteiger partial charge in [0.2, 0.25) is 5.91 Å². The largest absolute Gasteiger partial charge is 0.383 e. The zero-order valence-electron chi connectivity index (χ0n) is 12.5. The van der Waals surface area contributed by atoms with Crippen LogP contribution in [0.4, 0.5) is 0 Å². The molecule has 1 atom stereocenters. The molecule has 22 heavy (non-hydrogen) atoms. The number of aromatic nitrogens is 1. The summed E-state index contributed by atoms with van der Waals surface area (Å²) in [5.74, 6) is -0.177. The fourth-order valence-electron chi connectivity index (χ4n) is 1.82. The van der Waals surface area contributed by atoms with E-state index in [2.05, 4.69) is 27.8 Å². The number of thiazole rings is 1. The van der Waals surface area contributed by atoms with Crippen molar-refractivity contribution in [1.29, 1.82) is 0 Å². The van der Waals surface area contributed by atoms with Gasteiger partial charge in [-0.2, -0.15) is 0 Å². The van der Waals surface area contributed by atoms with Gasteiger partial charge in [-0.1, -0.05) is 0 Å². The molecule has 0 radical (unpaired) electrons. The molecule has 122 valence electrons. The lowest BCUT2D eigenvalue weighted by atomic mass is 10.3. The second-order valence-electron chi connectivity index (χ2n) is 4.62. The number of carbonyl (C=O) groups excluding carboxylic acids is 1. The summed E-state index contributed by atoms with van der Waals surface area (Å²) in [5.41, 5.74) is 6.68. The molecule has 2 heterocycles. The lowest BCUT2D eigenvalue weighted by Gasteiger charge is -2.10. The summed E-state index contributed by atoms with van der Waals surface area (Å²) in [6.45, 7) is 2.81. The Bertz CT molecular complexity index is 600. The zero-order valence-corrected chi connectivity index (χ0v) is 14.9. The van der Waals surface area contributed by atoms with E-state index in [1.54, 1.807) is 22.7 Å². The van der Waals surface area contributed by atoms with Crippen LogP contribution < -0.4 is 11.1 Å². The van der Waals surface area contributed by atoms with E-state index < -0.39 is 6.04 Å². The average Bonchev–Trinajstić information content (AvgIpc) is 3.07. The van der Waals surface area contributed by atoms with Crippen molar-refractivity contribution in [2.75, 3.05) is 20.3 Å². The average molecular weight is 362 g/mol. The summed E-state index contributed by atoms with van der Waals surface area (Å²) in [6, 6.07) is 3.55. The zero-order chi connectivity index (χ0) is 15.2. The fourth-order valence-corrected chi connectivity index (χ4v) is 3.48. The normalized spacial score (nSPS) is 11.8. The lowest BCUT2D eigenvalue weighted by molar-refractivity contribution is -0.123. The molecule has 0 aliphatic carbocycles. The highest BCUT2D eigenvalue weighted by atomic mass is 35.5. The number of aryl methyl sites for hydroxylation is 1. The number of thiophene rings is 1. The lowest BCUT2D eigenvalue weighted by Crippen LogP contribution is -2.44. The van der Waals surface area contributed by atoms with Crippen molar-refractivity contribution in [2.45, 2.75) is 19.4 Å². The molecule has 0 saturated heterocycles. The van der Waals surface area contributed by atoms with Crippen LogP contribution >= 0.6 is 35.1 Å². The number of nitrogens with two attached hydrogens (primary N) is 1. The van der Waals surface area contributed by atoms with Gasteiger partial charge in [-0.15, -0.1) is 35.1 Å². The summed E-state index contributed by atoms with van der Waals surface area (Å²) >= 11 is 3.36. The number of nitrogens with zero attached hydrogens (tertiary/aromatic N) is 1. The van der Waals surface area contributed by atoms with E-state index in [1.807, 2.05) is 6.92 Å². The predicted molar refractivity (Wildman–Crippen MR) is 94.0 cm³/mol. The number of methoxy groups -OCH3 is 1. The first kappa shape index (κ1) is 19.1. The van der Waals surface area contributed by atoms with Gasteiger partial charge < -0.3 is 15.8 Å². The Morgan fingerprint density at radius 1 is 1.50 bits per heavy atom. The third-order valence-electron chi connectivity index (χ3n) is 2.89. The van der Waals surface area contributed by atoms with Gasteiger partial charge in [-0.25, -0.2) is 4.98 Å². The Morgan fingerprint density at radius 3 is 2.91 bits per heavy atom. The Morgan fingerprint density at radius 2 is 2.27 bits per heavy atom. The van der Waals surface area contributed by atoms with E-state index in [9.17, 15) is 4.79 Å². The standard InChI is InChI=1S/C14H19N3O2S2.ClH/c1-9-17-12(8-20-9)13-4-3-10(21-13)5-6-16-14(18)11(15)7-19-2;/h3-4,8,11H,5-7,15H2,1-2H3,(H,16,18);1H. The number of carbonyl (C=O) groups is 1. The summed E-state index contributed by atoms with van der Waals surface area (Å²) in [6.07, 6.45) is 0.791. The molecule has 2 aromatic rings. The topological polar surface area (TPSA) is 77.2 Å². The second kappa shape index (κ2) is 9.22. The van der Waals surface area contributed by atoms with Crippen molar-refractivity contribution in [2.24, 2.45) is 5.73 Å². The van der Waals surface area contributed by atoms with E-state index in [1.165, 1.54) is 12.0 Å². The summed E-state index contributed by atoms with van der Waals surface area (Å²) in [4.78, 5) is 18.5. The molecule has 0 aliphatic heterocycles. The molecule has 0 saturated carbocycles. The van der Waals surface area contributed by atoms with Gasteiger partial charge >= 0.3 is 0 Å². The van der Waals surface area contributed by atoms with E-state index in [-0.39, 0.29) is 24.9 Å². The number of hydrogen-bond donors (Lipinski definition) is 2. The first-order valence-electron chi connectivity index (χ1n) is 6.63. The van der Waals surface area contributed by atoms with Crippen LogP contribution in [0.1, 0.15) is 9.88 Å². The van der Waals surface area contributed by atoms with Gasteiger partial charge in [0.15, 0.2) is 0 Å². The van der Waals surface area contributed by atoms with E-state index in [4.69, 9.17) is 10.5 Å². The van der Waals surface area contributed by atoms with E-state index in [0.29, 0.717) is 6.54 Å². The highest BCUT2D eigenvalue weighted by Crippen LogP contribution is 2.29. The third-order valence-corrected chi connectivity index (χ3v) is 4.83. The molecule has 1 unspecified atom stereocenters. The van der Waals surface area contributed by atoms with Gasteiger partial charge in [-0.05, 0) is 25.5 Å².